The SMILES string of the molecule is CSCC(N)c1sccc1Br. The van der Waals surface area contributed by atoms with Crippen molar-refractivity contribution in [2.75, 3.05) is 12.0 Å². The normalized spacial score (nSPS) is 13.4. The molecule has 0 saturated heterocycles. The topological polar surface area (TPSA) is 26.0 Å². The van der Waals surface area contributed by atoms with Gasteiger partial charge in [-0.3, -0.25) is 0 Å². The Hall–Kier alpha value is 0.490. The van der Waals surface area contributed by atoms with Crippen LogP contribution in [-0.2, 0) is 0 Å². The number of nitrogens with two attached hydrogens (primary N) is 1. The second-order valence-corrected chi connectivity index (χ2v) is 4.91. The number of thiophene rings is 1. The van der Waals surface area contributed by atoms with Crippen molar-refractivity contribution in [1.82, 2.24) is 0 Å². The van der Waals surface area contributed by atoms with Gasteiger partial charge in [0.05, 0.1) is 0 Å². The molecule has 1 rings (SSSR count). The first kappa shape index (κ1) is 9.58. The Balaban J connectivity index is 2.67. The first-order chi connectivity index (χ1) is 5.25. The summed E-state index contributed by atoms with van der Waals surface area (Å²) < 4.78 is 1.14. The van der Waals surface area contributed by atoms with Gasteiger partial charge in [-0.1, -0.05) is 0 Å². The van der Waals surface area contributed by atoms with E-state index in [1.54, 1.807) is 23.1 Å². The molecule has 0 aliphatic rings. The largest absolute Gasteiger partial charge is 0.323 e. The van der Waals surface area contributed by atoms with Gasteiger partial charge in [-0.05, 0) is 33.6 Å². The smallest absolute Gasteiger partial charge is 0.0492 e. The third-order valence-corrected chi connectivity index (χ3v) is 4.02. The Morgan fingerprint density at radius 3 is 3.00 bits per heavy atom. The zero-order chi connectivity index (χ0) is 8.27. The molecule has 1 aromatic rings. The van der Waals surface area contributed by atoms with Crippen LogP contribution in [0.15, 0.2) is 15.9 Å². The fourth-order valence-electron chi connectivity index (χ4n) is 0.825. The van der Waals surface area contributed by atoms with Crippen LogP contribution in [-0.4, -0.2) is 12.0 Å². The van der Waals surface area contributed by atoms with Crippen LogP contribution < -0.4 is 5.73 Å². The molecule has 0 bridgehead atoms. The molecule has 0 aliphatic heterocycles. The van der Waals surface area contributed by atoms with Gasteiger partial charge in [0.25, 0.3) is 0 Å². The van der Waals surface area contributed by atoms with Gasteiger partial charge in [-0.25, -0.2) is 0 Å². The van der Waals surface area contributed by atoms with E-state index in [0.717, 1.165) is 10.2 Å². The Labute approximate surface area is 83.5 Å². The molecule has 1 atom stereocenters. The van der Waals surface area contributed by atoms with Crippen LogP contribution in [0.5, 0.6) is 0 Å². The summed E-state index contributed by atoms with van der Waals surface area (Å²) in [4.78, 5) is 1.25. The lowest BCUT2D eigenvalue weighted by atomic mass is 10.3. The first-order valence-corrected chi connectivity index (χ1v) is 6.29. The zero-order valence-corrected chi connectivity index (χ0v) is 9.43. The fourth-order valence-corrected chi connectivity index (χ4v) is 3.13. The van der Waals surface area contributed by atoms with Crippen molar-refractivity contribution >= 4 is 39.0 Å². The van der Waals surface area contributed by atoms with Crippen LogP contribution >= 0.6 is 39.0 Å². The predicted octanol–water partition coefficient (Wildman–Crippen LogP) is 2.87. The predicted molar refractivity (Wildman–Crippen MR) is 57.3 cm³/mol. The minimum atomic E-state index is 0.180. The fraction of sp³-hybridized carbons (Fsp3) is 0.429. The van der Waals surface area contributed by atoms with Crippen molar-refractivity contribution in [3.05, 3.63) is 20.8 Å². The molecule has 0 spiro atoms. The van der Waals surface area contributed by atoms with Crippen molar-refractivity contribution in [3.63, 3.8) is 0 Å². The van der Waals surface area contributed by atoms with Crippen molar-refractivity contribution < 1.29 is 0 Å². The van der Waals surface area contributed by atoms with E-state index in [-0.39, 0.29) is 6.04 Å². The Bertz CT molecular complexity index is 224. The van der Waals surface area contributed by atoms with Gasteiger partial charge in [0.1, 0.15) is 0 Å². The molecule has 0 aromatic carbocycles. The van der Waals surface area contributed by atoms with Gasteiger partial charge in [0.15, 0.2) is 0 Å². The molecule has 62 valence electrons. The molecule has 0 amide bonds. The number of rotatable bonds is 3. The summed E-state index contributed by atoms with van der Waals surface area (Å²) in [5.41, 5.74) is 5.91. The maximum atomic E-state index is 5.91. The summed E-state index contributed by atoms with van der Waals surface area (Å²) in [7, 11) is 0. The van der Waals surface area contributed by atoms with Crippen LogP contribution in [0.1, 0.15) is 10.9 Å². The van der Waals surface area contributed by atoms with Crippen LogP contribution in [0.3, 0.4) is 0 Å². The van der Waals surface area contributed by atoms with E-state index < -0.39 is 0 Å². The average Bonchev–Trinajstić information content (AvgIpc) is 2.36. The summed E-state index contributed by atoms with van der Waals surface area (Å²) >= 11 is 6.95. The first-order valence-electron chi connectivity index (χ1n) is 3.23. The molecule has 11 heavy (non-hydrogen) atoms. The summed E-state index contributed by atoms with van der Waals surface area (Å²) in [6.45, 7) is 0. The number of thioether (sulfide) groups is 1. The molecule has 1 aromatic heterocycles. The molecule has 4 heteroatoms. The number of hydrogen-bond donors (Lipinski definition) is 1. The summed E-state index contributed by atoms with van der Waals surface area (Å²) in [6.07, 6.45) is 2.07. The number of hydrogen-bond acceptors (Lipinski definition) is 3. The average molecular weight is 252 g/mol. The molecule has 1 heterocycles. The highest BCUT2D eigenvalue weighted by molar-refractivity contribution is 9.10. The highest BCUT2D eigenvalue weighted by atomic mass is 79.9. The van der Waals surface area contributed by atoms with E-state index in [1.165, 1.54) is 4.88 Å². The van der Waals surface area contributed by atoms with Crippen LogP contribution in [0.2, 0.25) is 0 Å². The van der Waals surface area contributed by atoms with Gasteiger partial charge in [0.2, 0.25) is 0 Å². The Morgan fingerprint density at radius 1 is 1.82 bits per heavy atom. The van der Waals surface area contributed by atoms with E-state index >= 15 is 0 Å². The van der Waals surface area contributed by atoms with Gasteiger partial charge in [0, 0.05) is 21.1 Å². The third-order valence-electron chi connectivity index (χ3n) is 1.33. The quantitative estimate of drug-likeness (QED) is 0.895. The molecule has 2 N–H and O–H groups in total. The number of halogens is 1. The maximum absolute atomic E-state index is 5.91. The lowest BCUT2D eigenvalue weighted by Crippen LogP contribution is -2.11. The molecule has 0 aliphatic carbocycles. The van der Waals surface area contributed by atoms with E-state index in [9.17, 15) is 0 Å². The molecular formula is C7H10BrNS2. The zero-order valence-electron chi connectivity index (χ0n) is 6.21. The van der Waals surface area contributed by atoms with Crippen molar-refractivity contribution in [3.8, 4) is 0 Å². The van der Waals surface area contributed by atoms with Crippen LogP contribution in [0.4, 0.5) is 0 Å². The Morgan fingerprint density at radius 2 is 2.55 bits per heavy atom. The minimum absolute atomic E-state index is 0.180. The van der Waals surface area contributed by atoms with E-state index in [1.807, 2.05) is 6.07 Å². The van der Waals surface area contributed by atoms with E-state index in [0.29, 0.717) is 0 Å². The molecule has 0 radical (unpaired) electrons. The maximum Gasteiger partial charge on any atom is 0.0492 e. The lowest BCUT2D eigenvalue weighted by Gasteiger charge is -2.07. The summed E-state index contributed by atoms with van der Waals surface area (Å²) in [5.74, 6) is 0.985. The van der Waals surface area contributed by atoms with Crippen LogP contribution in [0, 0.1) is 0 Å². The van der Waals surface area contributed by atoms with Crippen molar-refractivity contribution in [2.24, 2.45) is 5.73 Å². The van der Waals surface area contributed by atoms with E-state index in [4.69, 9.17) is 5.73 Å². The van der Waals surface area contributed by atoms with Gasteiger partial charge >= 0.3 is 0 Å². The minimum Gasteiger partial charge on any atom is -0.323 e. The van der Waals surface area contributed by atoms with Gasteiger partial charge in [-0.15, -0.1) is 11.3 Å². The van der Waals surface area contributed by atoms with Crippen molar-refractivity contribution in [1.29, 1.82) is 0 Å². The molecule has 0 saturated carbocycles. The van der Waals surface area contributed by atoms with Gasteiger partial charge < -0.3 is 5.73 Å². The molecular weight excluding hydrogens is 242 g/mol. The Kier molecular flexibility index (Phi) is 3.92. The van der Waals surface area contributed by atoms with Crippen LogP contribution in [0.25, 0.3) is 0 Å². The standard InChI is InChI=1S/C7H10BrNS2/c1-10-4-6(9)7-5(8)2-3-11-7/h2-3,6H,4,9H2,1H3. The summed E-state index contributed by atoms with van der Waals surface area (Å²) in [5, 5.41) is 2.06. The van der Waals surface area contributed by atoms with Crippen molar-refractivity contribution in [2.45, 2.75) is 6.04 Å². The second-order valence-electron chi connectivity index (χ2n) is 2.19. The molecule has 1 nitrogen and oxygen atoms in total. The third kappa shape index (κ3) is 2.47. The van der Waals surface area contributed by atoms with E-state index in [2.05, 4.69) is 27.6 Å². The highest BCUT2D eigenvalue weighted by Crippen LogP contribution is 2.28. The summed E-state index contributed by atoms with van der Waals surface area (Å²) in [6, 6.07) is 2.22. The van der Waals surface area contributed by atoms with Gasteiger partial charge in [-0.2, -0.15) is 11.8 Å². The lowest BCUT2D eigenvalue weighted by molar-refractivity contribution is 0.849. The monoisotopic (exact) mass is 251 g/mol. The second kappa shape index (κ2) is 4.50. The molecule has 0 fully saturated rings. The molecule has 1 unspecified atom stereocenters. The highest BCUT2D eigenvalue weighted by Gasteiger charge is 2.09.